The molecule has 2 rings (SSSR count). The molecule has 0 saturated heterocycles. The van der Waals surface area contributed by atoms with Gasteiger partial charge in [0, 0.05) is 17.7 Å². The molecular formula is C13H9F2NO4S. The van der Waals surface area contributed by atoms with Crippen molar-refractivity contribution in [2.24, 2.45) is 0 Å². The van der Waals surface area contributed by atoms with Gasteiger partial charge in [0.1, 0.15) is 0 Å². The summed E-state index contributed by atoms with van der Waals surface area (Å²) in [5, 5.41) is 6.30. The van der Waals surface area contributed by atoms with Crippen LogP contribution in [0.1, 0.15) is 5.56 Å². The monoisotopic (exact) mass is 313 g/mol. The summed E-state index contributed by atoms with van der Waals surface area (Å²) in [7, 11) is -4.93. The van der Waals surface area contributed by atoms with Crippen LogP contribution in [-0.2, 0) is 15.1 Å². The van der Waals surface area contributed by atoms with Gasteiger partial charge in [-0.3, -0.25) is 10.1 Å². The lowest BCUT2D eigenvalue weighted by molar-refractivity contribution is -0.384. The van der Waals surface area contributed by atoms with Crippen LogP contribution in [0.15, 0.2) is 59.5 Å². The average Bonchev–Trinajstić information content (AvgIpc) is 2.48. The molecule has 0 aliphatic rings. The fourth-order valence-corrected chi connectivity index (χ4v) is 2.94. The van der Waals surface area contributed by atoms with Crippen molar-refractivity contribution in [3.8, 4) is 0 Å². The van der Waals surface area contributed by atoms with Gasteiger partial charge in [-0.05, 0) is 24.3 Å². The second-order valence-electron chi connectivity index (χ2n) is 4.14. The number of nitrogens with zero attached hydrogens (tertiary/aromatic N) is 1. The predicted octanol–water partition coefficient (Wildman–Crippen LogP) is 3.12. The smallest absolute Gasteiger partial charge is 0.258 e. The van der Waals surface area contributed by atoms with Gasteiger partial charge in [0.25, 0.3) is 5.69 Å². The van der Waals surface area contributed by atoms with Crippen LogP contribution in [0.2, 0.25) is 0 Å². The zero-order valence-corrected chi connectivity index (χ0v) is 11.3. The maximum absolute atomic E-state index is 14.2. The van der Waals surface area contributed by atoms with E-state index in [-0.39, 0.29) is 0 Å². The number of halogens is 2. The Labute approximate surface area is 118 Å². The third kappa shape index (κ3) is 2.62. The van der Waals surface area contributed by atoms with E-state index < -0.39 is 36.2 Å². The van der Waals surface area contributed by atoms with Gasteiger partial charge >= 0.3 is 5.25 Å². The number of alkyl halides is 2. The third-order valence-electron chi connectivity index (χ3n) is 2.81. The first kappa shape index (κ1) is 15.0. The van der Waals surface area contributed by atoms with Gasteiger partial charge in [-0.2, -0.15) is 8.78 Å². The van der Waals surface area contributed by atoms with E-state index in [0.29, 0.717) is 0 Å². The van der Waals surface area contributed by atoms with Crippen LogP contribution in [-0.4, -0.2) is 13.3 Å². The Balaban J connectivity index is 2.48. The highest BCUT2D eigenvalue weighted by Crippen LogP contribution is 2.38. The Kier molecular flexibility index (Phi) is 3.73. The highest BCUT2D eigenvalue weighted by Gasteiger charge is 2.47. The largest absolute Gasteiger partial charge is 0.375 e. The van der Waals surface area contributed by atoms with E-state index in [0.717, 1.165) is 36.4 Å². The van der Waals surface area contributed by atoms with E-state index in [1.54, 1.807) is 0 Å². The molecule has 0 heterocycles. The molecule has 0 amide bonds. The standard InChI is InChI=1S/C13H9F2NO4S/c14-13(15,10-6-8-11(9-7-10)16(17)18)21(19,20)12-4-2-1-3-5-12/h1-9H. The van der Waals surface area contributed by atoms with Crippen LogP contribution < -0.4 is 0 Å². The first-order valence-electron chi connectivity index (χ1n) is 5.69. The number of sulfone groups is 1. The van der Waals surface area contributed by atoms with Gasteiger partial charge in [-0.15, -0.1) is 0 Å². The number of rotatable bonds is 4. The molecule has 0 N–H and O–H groups in total. The summed E-state index contributed by atoms with van der Waals surface area (Å²) in [4.78, 5) is 9.20. The van der Waals surface area contributed by atoms with Crippen molar-refractivity contribution >= 4 is 15.5 Å². The summed E-state index contributed by atoms with van der Waals surface area (Å²) in [6, 6.07) is 9.44. The predicted molar refractivity (Wildman–Crippen MR) is 70.6 cm³/mol. The van der Waals surface area contributed by atoms with Gasteiger partial charge in [-0.25, -0.2) is 8.42 Å². The Morgan fingerprint density at radius 3 is 1.95 bits per heavy atom. The summed E-state index contributed by atoms with van der Waals surface area (Å²) in [6.07, 6.45) is 0. The Hall–Kier alpha value is -2.35. The van der Waals surface area contributed by atoms with E-state index >= 15 is 0 Å². The Morgan fingerprint density at radius 2 is 1.48 bits per heavy atom. The van der Waals surface area contributed by atoms with E-state index in [1.165, 1.54) is 18.2 Å². The number of non-ortho nitro benzene ring substituents is 1. The Morgan fingerprint density at radius 1 is 0.952 bits per heavy atom. The minimum atomic E-state index is -4.93. The molecule has 5 nitrogen and oxygen atoms in total. The van der Waals surface area contributed by atoms with Gasteiger partial charge in [-0.1, -0.05) is 18.2 Å². The molecule has 0 atom stereocenters. The summed E-state index contributed by atoms with van der Waals surface area (Å²) >= 11 is 0. The average molecular weight is 313 g/mol. The van der Waals surface area contributed by atoms with E-state index in [9.17, 15) is 27.3 Å². The summed E-state index contributed by atoms with van der Waals surface area (Å²) in [5.41, 5.74) is -1.22. The van der Waals surface area contributed by atoms with Crippen LogP contribution >= 0.6 is 0 Å². The minimum Gasteiger partial charge on any atom is -0.258 e. The molecule has 0 aromatic heterocycles. The third-order valence-corrected chi connectivity index (χ3v) is 4.61. The maximum Gasteiger partial charge on any atom is 0.375 e. The van der Waals surface area contributed by atoms with Crippen LogP contribution in [0.5, 0.6) is 0 Å². The van der Waals surface area contributed by atoms with Crippen molar-refractivity contribution in [2.45, 2.75) is 10.2 Å². The first-order valence-corrected chi connectivity index (χ1v) is 7.17. The molecule has 0 radical (unpaired) electrons. The lowest BCUT2D eigenvalue weighted by Gasteiger charge is -2.17. The molecule has 8 heteroatoms. The molecule has 0 bridgehead atoms. The highest BCUT2D eigenvalue weighted by atomic mass is 32.2. The summed E-state index contributed by atoms with van der Waals surface area (Å²) in [5.74, 6) is 0. The van der Waals surface area contributed by atoms with Crippen molar-refractivity contribution in [1.29, 1.82) is 0 Å². The molecule has 0 fully saturated rings. The number of nitro benzene ring substituents is 1. The molecule has 0 spiro atoms. The lowest BCUT2D eigenvalue weighted by atomic mass is 10.2. The van der Waals surface area contributed by atoms with Crippen LogP contribution in [0, 0.1) is 10.1 Å². The van der Waals surface area contributed by atoms with Gasteiger partial charge in [0.15, 0.2) is 0 Å². The molecule has 0 unspecified atom stereocenters. The second kappa shape index (κ2) is 5.21. The summed E-state index contributed by atoms with van der Waals surface area (Å²) < 4.78 is 52.4. The highest BCUT2D eigenvalue weighted by molar-refractivity contribution is 7.92. The normalized spacial score (nSPS) is 12.1. The molecule has 2 aromatic rings. The molecule has 0 aliphatic carbocycles. The van der Waals surface area contributed by atoms with Crippen LogP contribution in [0.4, 0.5) is 14.5 Å². The molecule has 110 valence electrons. The zero-order chi connectivity index (χ0) is 15.7. The number of nitro groups is 1. The fourth-order valence-electron chi connectivity index (χ4n) is 1.68. The van der Waals surface area contributed by atoms with Crippen LogP contribution in [0.3, 0.4) is 0 Å². The first-order chi connectivity index (χ1) is 9.76. The van der Waals surface area contributed by atoms with E-state index in [2.05, 4.69) is 0 Å². The summed E-state index contributed by atoms with van der Waals surface area (Å²) in [6.45, 7) is 0. The SMILES string of the molecule is O=[N+]([O-])c1ccc(C(F)(F)S(=O)(=O)c2ccccc2)cc1. The van der Waals surface area contributed by atoms with Crippen molar-refractivity contribution in [3.05, 3.63) is 70.3 Å². The van der Waals surface area contributed by atoms with E-state index in [1.807, 2.05) is 0 Å². The Bertz CT molecular complexity index is 759. The topological polar surface area (TPSA) is 77.3 Å². The second-order valence-corrected chi connectivity index (χ2v) is 6.13. The molecular weight excluding hydrogens is 304 g/mol. The minimum absolute atomic E-state index is 0.397. The van der Waals surface area contributed by atoms with Gasteiger partial charge < -0.3 is 0 Å². The number of hydrogen-bond donors (Lipinski definition) is 0. The van der Waals surface area contributed by atoms with Crippen molar-refractivity contribution in [3.63, 3.8) is 0 Å². The van der Waals surface area contributed by atoms with Gasteiger partial charge in [0.2, 0.25) is 9.84 Å². The molecule has 0 aliphatic heterocycles. The van der Waals surface area contributed by atoms with Crippen molar-refractivity contribution < 1.29 is 22.1 Å². The van der Waals surface area contributed by atoms with Crippen molar-refractivity contribution in [1.82, 2.24) is 0 Å². The van der Waals surface area contributed by atoms with Gasteiger partial charge in [0.05, 0.1) is 9.82 Å². The number of hydrogen-bond acceptors (Lipinski definition) is 4. The number of benzene rings is 2. The fraction of sp³-hybridized carbons (Fsp3) is 0.0769. The molecule has 0 saturated carbocycles. The van der Waals surface area contributed by atoms with Crippen molar-refractivity contribution in [2.75, 3.05) is 0 Å². The molecule has 2 aromatic carbocycles. The van der Waals surface area contributed by atoms with E-state index in [4.69, 9.17) is 0 Å². The van der Waals surface area contributed by atoms with Crippen LogP contribution in [0.25, 0.3) is 0 Å². The molecule has 21 heavy (non-hydrogen) atoms. The maximum atomic E-state index is 14.2. The quantitative estimate of drug-likeness (QED) is 0.642. The lowest BCUT2D eigenvalue weighted by Crippen LogP contribution is -2.26. The zero-order valence-electron chi connectivity index (χ0n) is 10.4.